The number of hydrogen-bond acceptors (Lipinski definition) is 9. The number of fused-ring (bicyclic) bond motifs is 1. The maximum absolute atomic E-state index is 12.8. The molecule has 0 radical (unpaired) electrons. The van der Waals surface area contributed by atoms with E-state index in [-0.39, 0.29) is 37.2 Å². The molecule has 1 saturated heterocycles. The maximum atomic E-state index is 12.8. The van der Waals surface area contributed by atoms with Gasteiger partial charge in [-0.1, -0.05) is 72.4 Å². The number of nitrogens with zero attached hydrogens (tertiary/aromatic N) is 5. The van der Waals surface area contributed by atoms with Gasteiger partial charge in [0.25, 0.3) is 11.8 Å². The van der Waals surface area contributed by atoms with Gasteiger partial charge in [0.2, 0.25) is 5.16 Å². The van der Waals surface area contributed by atoms with Crippen molar-refractivity contribution in [2.75, 3.05) is 5.75 Å². The molecule has 0 spiro atoms. The summed E-state index contributed by atoms with van der Waals surface area (Å²) in [6, 6.07) is 22.2. The van der Waals surface area contributed by atoms with Gasteiger partial charge in [0.05, 0.1) is 36.5 Å². The van der Waals surface area contributed by atoms with E-state index >= 15 is 0 Å². The Kier molecular flexibility index (Phi) is 7.44. The first-order chi connectivity index (χ1) is 19.5. The van der Waals surface area contributed by atoms with Gasteiger partial charge >= 0.3 is 0 Å². The number of hydrogen-bond donors (Lipinski definition) is 1. The van der Waals surface area contributed by atoms with Crippen LogP contribution in [0, 0.1) is 0 Å². The van der Waals surface area contributed by atoms with Crippen molar-refractivity contribution in [2.24, 2.45) is 7.05 Å². The summed E-state index contributed by atoms with van der Waals surface area (Å²) in [7, 11) is 1.80. The van der Waals surface area contributed by atoms with Crippen LogP contribution in [0.4, 0.5) is 0 Å². The van der Waals surface area contributed by atoms with Crippen LogP contribution in [0.2, 0.25) is 0 Å². The largest absolute Gasteiger partial charge is 0.392 e. The van der Waals surface area contributed by atoms with Gasteiger partial charge in [-0.25, -0.2) is 4.68 Å². The molecule has 0 aliphatic carbocycles. The number of rotatable bonds is 8. The molecule has 2 amide bonds. The Labute approximate surface area is 234 Å². The topological polar surface area (TPSA) is 120 Å². The zero-order valence-electron chi connectivity index (χ0n) is 21.7. The number of ether oxygens (including phenoxy) is 2. The smallest absolute Gasteiger partial charge is 0.261 e. The minimum Gasteiger partial charge on any atom is -0.392 e. The van der Waals surface area contributed by atoms with Crippen LogP contribution in [0.15, 0.2) is 78.0 Å². The number of aliphatic hydroxyl groups is 1. The summed E-state index contributed by atoms with van der Waals surface area (Å²) in [6.45, 7) is 0.166. The van der Waals surface area contributed by atoms with E-state index in [9.17, 15) is 14.7 Å². The first kappa shape index (κ1) is 26.3. The molecule has 1 fully saturated rings. The van der Waals surface area contributed by atoms with Gasteiger partial charge in [0.1, 0.15) is 0 Å². The third-order valence-electron chi connectivity index (χ3n) is 7.07. The van der Waals surface area contributed by atoms with E-state index in [2.05, 4.69) is 15.5 Å². The fourth-order valence-corrected chi connectivity index (χ4v) is 5.75. The zero-order valence-corrected chi connectivity index (χ0v) is 22.5. The Hall–Kier alpha value is -3.90. The average Bonchev–Trinajstić information content (AvgIpc) is 3.52. The molecule has 2 aliphatic heterocycles. The minimum atomic E-state index is -0.618. The van der Waals surface area contributed by atoms with E-state index in [1.165, 1.54) is 16.7 Å². The highest BCUT2D eigenvalue weighted by Gasteiger charge is 2.35. The summed E-state index contributed by atoms with van der Waals surface area (Å²) in [4.78, 5) is 26.8. The third kappa shape index (κ3) is 5.28. The van der Waals surface area contributed by atoms with Crippen molar-refractivity contribution in [1.82, 2.24) is 25.1 Å². The van der Waals surface area contributed by atoms with Crippen molar-refractivity contribution in [3.05, 3.63) is 106 Å². The number of imide groups is 1. The first-order valence-electron chi connectivity index (χ1n) is 12.9. The van der Waals surface area contributed by atoms with Crippen LogP contribution in [0.3, 0.4) is 0 Å². The monoisotopic (exact) mass is 557 g/mol. The Morgan fingerprint density at radius 3 is 2.17 bits per heavy atom. The summed E-state index contributed by atoms with van der Waals surface area (Å²) in [5, 5.41) is 21.8. The number of tetrazole rings is 1. The highest BCUT2D eigenvalue weighted by atomic mass is 32.2. The average molecular weight is 558 g/mol. The Morgan fingerprint density at radius 2 is 1.55 bits per heavy atom. The molecule has 3 heterocycles. The number of aryl methyl sites for hydroxylation is 1. The molecular weight excluding hydrogens is 530 g/mol. The van der Waals surface area contributed by atoms with E-state index in [1.54, 1.807) is 36.0 Å². The number of carbonyl (C=O) groups is 2. The highest BCUT2D eigenvalue weighted by molar-refractivity contribution is 7.99. The standard InChI is InChI=1S/C29H27N5O5S/c1-33-29(30-31-32-33)40-17-22-14-25(20-10-8-19(16-35)9-11-20)39-28(38-22)21-12-6-18(7-13-21)15-34-26(36)23-4-2-3-5-24(23)27(34)37/h2-13,22,25,28,35H,14-17H2,1H3/t22-,25+,28+/m1/s1. The summed E-state index contributed by atoms with van der Waals surface area (Å²) >= 11 is 1.52. The molecule has 40 heavy (non-hydrogen) atoms. The van der Waals surface area contributed by atoms with Crippen molar-refractivity contribution in [3.63, 3.8) is 0 Å². The molecule has 4 aromatic rings. The number of aliphatic hydroxyl groups excluding tert-OH is 1. The van der Waals surface area contributed by atoms with E-state index < -0.39 is 6.29 Å². The van der Waals surface area contributed by atoms with Crippen LogP contribution in [-0.2, 0) is 29.7 Å². The second-order valence-corrected chi connectivity index (χ2v) is 10.7. The van der Waals surface area contributed by atoms with Gasteiger partial charge in [-0.2, -0.15) is 0 Å². The molecule has 11 heteroatoms. The third-order valence-corrected chi connectivity index (χ3v) is 8.21. The van der Waals surface area contributed by atoms with Crippen LogP contribution in [0.5, 0.6) is 0 Å². The van der Waals surface area contributed by atoms with Crippen molar-refractivity contribution in [1.29, 1.82) is 0 Å². The first-order valence-corrected chi connectivity index (χ1v) is 13.9. The lowest BCUT2D eigenvalue weighted by Gasteiger charge is -2.36. The van der Waals surface area contributed by atoms with Crippen molar-refractivity contribution < 1.29 is 24.2 Å². The van der Waals surface area contributed by atoms with Gasteiger partial charge in [-0.3, -0.25) is 14.5 Å². The van der Waals surface area contributed by atoms with Gasteiger partial charge < -0.3 is 14.6 Å². The molecule has 6 rings (SSSR count). The van der Waals surface area contributed by atoms with Crippen LogP contribution >= 0.6 is 11.8 Å². The van der Waals surface area contributed by atoms with Gasteiger partial charge in [-0.15, -0.1) is 5.10 Å². The van der Waals surface area contributed by atoms with Crippen LogP contribution < -0.4 is 0 Å². The molecule has 1 N–H and O–H groups in total. The van der Waals surface area contributed by atoms with E-state index in [0.29, 0.717) is 28.5 Å². The Morgan fingerprint density at radius 1 is 0.900 bits per heavy atom. The molecular formula is C29H27N5O5S. The highest BCUT2D eigenvalue weighted by Crippen LogP contribution is 2.39. The van der Waals surface area contributed by atoms with Gasteiger partial charge in [-0.05, 0) is 39.2 Å². The molecule has 0 bridgehead atoms. The second kappa shape index (κ2) is 11.3. The summed E-state index contributed by atoms with van der Waals surface area (Å²) in [5.41, 5.74) is 4.37. The zero-order chi connectivity index (χ0) is 27.6. The minimum absolute atomic E-state index is 0.0183. The molecule has 204 valence electrons. The lowest BCUT2D eigenvalue weighted by molar-refractivity contribution is -0.245. The lowest BCUT2D eigenvalue weighted by Crippen LogP contribution is -2.31. The number of aromatic nitrogens is 4. The predicted octanol–water partition coefficient (Wildman–Crippen LogP) is 3.84. The second-order valence-electron chi connectivity index (χ2n) is 9.73. The van der Waals surface area contributed by atoms with E-state index in [0.717, 1.165) is 22.3 Å². The van der Waals surface area contributed by atoms with Gasteiger partial charge in [0, 0.05) is 24.8 Å². The van der Waals surface area contributed by atoms with Crippen LogP contribution in [0.1, 0.15) is 61.8 Å². The summed E-state index contributed by atoms with van der Waals surface area (Å²) in [6.07, 6.45) is -0.327. The number of amides is 2. The van der Waals surface area contributed by atoms with Crippen molar-refractivity contribution >= 4 is 23.6 Å². The maximum Gasteiger partial charge on any atom is 0.261 e. The molecule has 1 aromatic heterocycles. The fourth-order valence-electron chi connectivity index (χ4n) is 4.88. The molecule has 3 atom stereocenters. The van der Waals surface area contributed by atoms with E-state index in [4.69, 9.17) is 9.47 Å². The molecule has 10 nitrogen and oxygen atoms in total. The predicted molar refractivity (Wildman–Crippen MR) is 145 cm³/mol. The Balaban J connectivity index is 1.18. The lowest BCUT2D eigenvalue weighted by atomic mass is 10.0. The van der Waals surface area contributed by atoms with Crippen LogP contribution in [-0.4, -0.2) is 53.9 Å². The van der Waals surface area contributed by atoms with E-state index in [1.807, 2.05) is 48.5 Å². The number of carbonyl (C=O) groups excluding carboxylic acids is 2. The normalized spacial score (nSPS) is 20.6. The number of benzene rings is 3. The molecule has 0 unspecified atom stereocenters. The summed E-state index contributed by atoms with van der Waals surface area (Å²) in [5.74, 6) is 0.0752. The molecule has 0 saturated carbocycles. The number of thioether (sulfide) groups is 1. The fraction of sp³-hybridized carbons (Fsp3) is 0.276. The van der Waals surface area contributed by atoms with Crippen LogP contribution in [0.25, 0.3) is 0 Å². The Bertz CT molecular complexity index is 1490. The quantitative estimate of drug-likeness (QED) is 0.255. The molecule has 3 aromatic carbocycles. The van der Waals surface area contributed by atoms with Gasteiger partial charge in [0.15, 0.2) is 6.29 Å². The SMILES string of the molecule is Cn1nnnc1SC[C@H]1C[C@@H](c2ccc(CO)cc2)O[C@@H](c2ccc(CN3C(=O)c4ccccc4C3=O)cc2)O1. The van der Waals surface area contributed by atoms with Crippen molar-refractivity contribution in [3.8, 4) is 0 Å². The summed E-state index contributed by atoms with van der Waals surface area (Å²) < 4.78 is 14.4. The molecule has 2 aliphatic rings. The van der Waals surface area contributed by atoms with Crippen molar-refractivity contribution in [2.45, 2.75) is 43.2 Å².